The summed E-state index contributed by atoms with van der Waals surface area (Å²) in [6, 6.07) is 6.32. The molecule has 0 aliphatic heterocycles. The molecule has 0 heterocycles. The maximum absolute atomic E-state index is 5.16. The van der Waals surface area contributed by atoms with Crippen molar-refractivity contribution >= 4 is 28.3 Å². The lowest BCUT2D eigenvalue weighted by Gasteiger charge is -2.05. The van der Waals surface area contributed by atoms with E-state index in [1.807, 2.05) is 0 Å². The van der Waals surface area contributed by atoms with Crippen molar-refractivity contribution in [2.45, 2.75) is 13.3 Å². The molecule has 0 bridgehead atoms. The minimum Gasteiger partial charge on any atom is -0.384 e. The van der Waals surface area contributed by atoms with Crippen molar-refractivity contribution in [3.8, 4) is 12.3 Å². The number of nitrogens with one attached hydrogen (secondary N) is 1. The molecule has 1 N–H and O–H groups in total. The molecule has 1 aromatic carbocycles. The molecule has 2 heteroatoms. The van der Waals surface area contributed by atoms with Crippen LogP contribution in [-0.2, 0) is 0 Å². The van der Waals surface area contributed by atoms with E-state index < -0.39 is 0 Å². The lowest BCUT2D eigenvalue weighted by molar-refractivity contribution is 1.10. The Kier molecular flexibility index (Phi) is 4.10. The molecule has 0 saturated heterocycles. The number of halogens is 1. The van der Waals surface area contributed by atoms with Crippen molar-refractivity contribution in [3.05, 3.63) is 27.3 Å². The van der Waals surface area contributed by atoms with Gasteiger partial charge in [0.1, 0.15) is 0 Å². The van der Waals surface area contributed by atoms with Gasteiger partial charge < -0.3 is 5.32 Å². The standard InChI is InChI=1S/C11H12IN/c1-3-4-7-13-10-6-5-9(2)11(12)8-10/h1,5-6,8,13H,4,7H2,2H3. The van der Waals surface area contributed by atoms with Gasteiger partial charge >= 0.3 is 0 Å². The second-order valence-electron chi connectivity index (χ2n) is 2.84. The summed E-state index contributed by atoms with van der Waals surface area (Å²) >= 11 is 2.33. The number of anilines is 1. The maximum Gasteiger partial charge on any atom is 0.0351 e. The number of hydrogen-bond donors (Lipinski definition) is 1. The molecule has 0 amide bonds. The van der Waals surface area contributed by atoms with Crippen LogP contribution in [0.1, 0.15) is 12.0 Å². The highest BCUT2D eigenvalue weighted by molar-refractivity contribution is 14.1. The molecular formula is C11H12IN. The summed E-state index contributed by atoms with van der Waals surface area (Å²) in [7, 11) is 0. The molecule has 13 heavy (non-hydrogen) atoms. The first kappa shape index (κ1) is 10.4. The van der Waals surface area contributed by atoms with Gasteiger partial charge in [-0.15, -0.1) is 12.3 Å². The van der Waals surface area contributed by atoms with Gasteiger partial charge in [-0.2, -0.15) is 0 Å². The van der Waals surface area contributed by atoms with Crippen LogP contribution < -0.4 is 5.32 Å². The average Bonchev–Trinajstić information content (AvgIpc) is 2.12. The van der Waals surface area contributed by atoms with Crippen LogP contribution in [0.4, 0.5) is 5.69 Å². The van der Waals surface area contributed by atoms with E-state index in [2.05, 4.69) is 59.0 Å². The topological polar surface area (TPSA) is 12.0 Å². The van der Waals surface area contributed by atoms with Crippen molar-refractivity contribution in [1.82, 2.24) is 0 Å². The molecule has 0 atom stereocenters. The van der Waals surface area contributed by atoms with Gasteiger partial charge in [-0.3, -0.25) is 0 Å². The number of benzene rings is 1. The van der Waals surface area contributed by atoms with E-state index in [0.29, 0.717) is 0 Å². The highest BCUT2D eigenvalue weighted by Gasteiger charge is 1.95. The minimum atomic E-state index is 0.768. The molecular weight excluding hydrogens is 273 g/mol. The molecule has 0 aliphatic rings. The Morgan fingerprint density at radius 1 is 1.54 bits per heavy atom. The first-order valence-corrected chi connectivity index (χ1v) is 5.25. The normalized spacial score (nSPS) is 9.31. The van der Waals surface area contributed by atoms with E-state index in [1.165, 1.54) is 9.13 Å². The Balaban J connectivity index is 2.59. The van der Waals surface area contributed by atoms with Gasteiger partial charge in [0, 0.05) is 22.2 Å². The largest absolute Gasteiger partial charge is 0.384 e. The molecule has 0 aliphatic carbocycles. The van der Waals surface area contributed by atoms with Crippen LogP contribution in [0.2, 0.25) is 0 Å². The fourth-order valence-electron chi connectivity index (χ4n) is 0.982. The predicted octanol–water partition coefficient (Wildman–Crippen LogP) is 3.03. The first-order valence-electron chi connectivity index (χ1n) is 4.17. The summed E-state index contributed by atoms with van der Waals surface area (Å²) < 4.78 is 1.28. The lowest BCUT2D eigenvalue weighted by Crippen LogP contribution is -2.00. The Morgan fingerprint density at radius 2 is 2.31 bits per heavy atom. The molecule has 1 nitrogen and oxygen atoms in total. The van der Waals surface area contributed by atoms with E-state index in [-0.39, 0.29) is 0 Å². The monoisotopic (exact) mass is 285 g/mol. The van der Waals surface area contributed by atoms with Gasteiger partial charge in [-0.1, -0.05) is 6.07 Å². The maximum atomic E-state index is 5.16. The summed E-state index contributed by atoms with van der Waals surface area (Å²) in [4.78, 5) is 0. The van der Waals surface area contributed by atoms with Gasteiger partial charge in [-0.05, 0) is 47.2 Å². The SMILES string of the molecule is C#CCCNc1ccc(C)c(I)c1. The van der Waals surface area contributed by atoms with Gasteiger partial charge in [0.25, 0.3) is 0 Å². The number of terminal acetylenes is 1. The molecule has 0 unspecified atom stereocenters. The second-order valence-corrected chi connectivity index (χ2v) is 4.01. The van der Waals surface area contributed by atoms with E-state index in [4.69, 9.17) is 6.42 Å². The van der Waals surface area contributed by atoms with Crippen LogP contribution in [0, 0.1) is 22.8 Å². The quantitative estimate of drug-likeness (QED) is 0.511. The van der Waals surface area contributed by atoms with Gasteiger partial charge in [-0.25, -0.2) is 0 Å². The molecule has 1 rings (SSSR count). The third-order valence-electron chi connectivity index (χ3n) is 1.77. The van der Waals surface area contributed by atoms with Crippen LogP contribution >= 0.6 is 22.6 Å². The Hall–Kier alpha value is -0.690. The van der Waals surface area contributed by atoms with Crippen LogP contribution in [0.3, 0.4) is 0 Å². The second kappa shape index (κ2) is 5.13. The Labute approximate surface area is 93.1 Å². The fourth-order valence-corrected chi connectivity index (χ4v) is 1.50. The summed E-state index contributed by atoms with van der Waals surface area (Å²) in [6.45, 7) is 2.95. The summed E-state index contributed by atoms with van der Waals surface area (Å²) in [5, 5.41) is 3.27. The summed E-state index contributed by atoms with van der Waals surface area (Å²) in [5.74, 6) is 2.60. The fraction of sp³-hybridized carbons (Fsp3) is 0.273. The third-order valence-corrected chi connectivity index (χ3v) is 2.93. The molecule has 0 spiro atoms. The van der Waals surface area contributed by atoms with Crippen LogP contribution in [-0.4, -0.2) is 6.54 Å². The molecule has 0 aromatic heterocycles. The number of rotatable bonds is 3. The zero-order chi connectivity index (χ0) is 9.68. The Morgan fingerprint density at radius 3 is 2.92 bits per heavy atom. The smallest absolute Gasteiger partial charge is 0.0351 e. The van der Waals surface area contributed by atoms with Crippen molar-refractivity contribution in [3.63, 3.8) is 0 Å². The first-order chi connectivity index (χ1) is 6.24. The van der Waals surface area contributed by atoms with Gasteiger partial charge in [0.15, 0.2) is 0 Å². The number of aryl methyl sites for hydroxylation is 1. The predicted molar refractivity (Wildman–Crippen MR) is 65.8 cm³/mol. The molecule has 0 radical (unpaired) electrons. The van der Waals surface area contributed by atoms with Crippen molar-refractivity contribution < 1.29 is 0 Å². The lowest BCUT2D eigenvalue weighted by atomic mass is 10.2. The van der Waals surface area contributed by atoms with Crippen LogP contribution in [0.25, 0.3) is 0 Å². The molecule has 0 fully saturated rings. The highest BCUT2D eigenvalue weighted by Crippen LogP contribution is 2.16. The Bertz CT molecular complexity index is 325. The van der Waals surface area contributed by atoms with Crippen LogP contribution in [0.15, 0.2) is 18.2 Å². The summed E-state index contributed by atoms with van der Waals surface area (Å²) in [6.07, 6.45) is 5.92. The third kappa shape index (κ3) is 3.27. The minimum absolute atomic E-state index is 0.768. The number of hydrogen-bond acceptors (Lipinski definition) is 1. The van der Waals surface area contributed by atoms with E-state index >= 15 is 0 Å². The average molecular weight is 285 g/mol. The summed E-state index contributed by atoms with van der Waals surface area (Å²) in [5.41, 5.74) is 2.45. The molecule has 68 valence electrons. The van der Waals surface area contributed by atoms with Gasteiger partial charge in [0.2, 0.25) is 0 Å². The zero-order valence-corrected chi connectivity index (χ0v) is 9.76. The zero-order valence-electron chi connectivity index (χ0n) is 7.60. The van der Waals surface area contributed by atoms with Crippen LogP contribution in [0.5, 0.6) is 0 Å². The van der Waals surface area contributed by atoms with Gasteiger partial charge in [0.05, 0.1) is 0 Å². The van der Waals surface area contributed by atoms with E-state index in [9.17, 15) is 0 Å². The molecule has 0 saturated carbocycles. The van der Waals surface area contributed by atoms with Crippen molar-refractivity contribution in [1.29, 1.82) is 0 Å². The van der Waals surface area contributed by atoms with E-state index in [0.717, 1.165) is 18.7 Å². The van der Waals surface area contributed by atoms with E-state index in [1.54, 1.807) is 0 Å². The highest BCUT2D eigenvalue weighted by atomic mass is 127. The van der Waals surface area contributed by atoms with Crippen molar-refractivity contribution in [2.24, 2.45) is 0 Å². The molecule has 1 aromatic rings. The van der Waals surface area contributed by atoms with Crippen molar-refractivity contribution in [2.75, 3.05) is 11.9 Å².